The van der Waals surface area contributed by atoms with Gasteiger partial charge in [-0.05, 0) is 55.0 Å². The summed E-state index contributed by atoms with van der Waals surface area (Å²) in [6.45, 7) is 2.02. The molecule has 3 nitrogen and oxygen atoms in total. The molecule has 0 radical (unpaired) electrons. The van der Waals surface area contributed by atoms with E-state index in [1.165, 1.54) is 6.08 Å². The van der Waals surface area contributed by atoms with Crippen LogP contribution in [0.5, 0.6) is 5.75 Å². The Hall–Kier alpha value is -2.07. The van der Waals surface area contributed by atoms with E-state index in [0.29, 0.717) is 5.56 Å². The van der Waals surface area contributed by atoms with E-state index in [9.17, 15) is 4.79 Å². The van der Waals surface area contributed by atoms with Crippen LogP contribution in [0.1, 0.15) is 15.9 Å². The van der Waals surface area contributed by atoms with E-state index in [-0.39, 0.29) is 5.78 Å². The molecule has 2 aromatic carbocycles. The van der Waals surface area contributed by atoms with E-state index in [1.54, 1.807) is 37.6 Å². The predicted molar refractivity (Wildman–Crippen MR) is 89.0 cm³/mol. The molecule has 0 bridgehead atoms. The lowest BCUT2D eigenvalue weighted by molar-refractivity contribution is 0.104. The minimum atomic E-state index is -0.0565. The van der Waals surface area contributed by atoms with Crippen LogP contribution in [0.15, 0.2) is 59.2 Å². The Morgan fingerprint density at radius 3 is 2.52 bits per heavy atom. The van der Waals surface area contributed by atoms with Crippen molar-refractivity contribution in [2.45, 2.75) is 6.92 Å². The zero-order valence-corrected chi connectivity index (χ0v) is 13.5. The van der Waals surface area contributed by atoms with Gasteiger partial charge in [-0.25, -0.2) is 0 Å². The summed E-state index contributed by atoms with van der Waals surface area (Å²) in [5, 5.41) is 3.09. The number of methoxy groups -OCH3 is 1. The summed E-state index contributed by atoms with van der Waals surface area (Å²) in [6.07, 6.45) is 3.16. The summed E-state index contributed by atoms with van der Waals surface area (Å²) < 4.78 is 6.12. The van der Waals surface area contributed by atoms with E-state index in [2.05, 4.69) is 21.2 Å². The second-order valence-corrected chi connectivity index (χ2v) is 5.39. The Morgan fingerprint density at radius 2 is 1.90 bits per heavy atom. The minimum Gasteiger partial charge on any atom is -0.497 e. The monoisotopic (exact) mass is 345 g/mol. The van der Waals surface area contributed by atoms with Crippen molar-refractivity contribution in [3.05, 3.63) is 70.3 Å². The number of carbonyl (C=O) groups is 1. The van der Waals surface area contributed by atoms with Gasteiger partial charge in [0.05, 0.1) is 7.11 Å². The maximum absolute atomic E-state index is 12.0. The first-order valence-corrected chi connectivity index (χ1v) is 7.27. The average molecular weight is 346 g/mol. The standard InChI is InChI=1S/C17H16BrNO2/c1-12-11-14(5-8-16(12)18)19-10-9-17(20)13-3-6-15(21-2)7-4-13/h3-11,19H,1-2H3/b10-9+. The first-order valence-electron chi connectivity index (χ1n) is 6.48. The number of benzene rings is 2. The summed E-state index contributed by atoms with van der Waals surface area (Å²) in [5.41, 5.74) is 2.70. The Labute approximate surface area is 132 Å². The summed E-state index contributed by atoms with van der Waals surface area (Å²) in [5.74, 6) is 0.679. The number of halogens is 1. The van der Waals surface area contributed by atoms with Gasteiger partial charge in [0.15, 0.2) is 5.78 Å². The highest BCUT2D eigenvalue weighted by Crippen LogP contribution is 2.20. The molecule has 21 heavy (non-hydrogen) atoms. The van der Waals surface area contributed by atoms with Gasteiger partial charge >= 0.3 is 0 Å². The van der Waals surface area contributed by atoms with Gasteiger partial charge in [0.2, 0.25) is 0 Å². The van der Waals surface area contributed by atoms with Crippen molar-refractivity contribution in [2.75, 3.05) is 12.4 Å². The van der Waals surface area contributed by atoms with Gasteiger partial charge in [0, 0.05) is 28.0 Å². The third kappa shape index (κ3) is 4.20. The third-order valence-electron chi connectivity index (χ3n) is 3.02. The SMILES string of the molecule is COc1ccc(C(=O)/C=C/Nc2ccc(Br)c(C)c2)cc1. The molecular formula is C17H16BrNO2. The van der Waals surface area contributed by atoms with Crippen LogP contribution in [0.4, 0.5) is 5.69 Å². The van der Waals surface area contributed by atoms with Crippen LogP contribution in [0, 0.1) is 6.92 Å². The van der Waals surface area contributed by atoms with Gasteiger partial charge in [-0.2, -0.15) is 0 Å². The highest BCUT2D eigenvalue weighted by atomic mass is 79.9. The highest BCUT2D eigenvalue weighted by molar-refractivity contribution is 9.10. The zero-order valence-electron chi connectivity index (χ0n) is 11.9. The van der Waals surface area contributed by atoms with Gasteiger partial charge in [0.1, 0.15) is 5.75 Å². The minimum absolute atomic E-state index is 0.0565. The number of carbonyl (C=O) groups excluding carboxylic acids is 1. The molecule has 108 valence electrons. The lowest BCUT2D eigenvalue weighted by Gasteiger charge is -2.04. The molecule has 0 amide bonds. The van der Waals surface area contributed by atoms with Gasteiger partial charge in [-0.3, -0.25) is 4.79 Å². The number of nitrogens with one attached hydrogen (secondary N) is 1. The van der Waals surface area contributed by atoms with Crippen molar-refractivity contribution in [2.24, 2.45) is 0 Å². The molecule has 0 spiro atoms. The van der Waals surface area contributed by atoms with Crippen LogP contribution >= 0.6 is 15.9 Å². The van der Waals surface area contributed by atoms with Gasteiger partial charge in [-0.1, -0.05) is 15.9 Å². The highest BCUT2D eigenvalue weighted by Gasteiger charge is 2.01. The fourth-order valence-corrected chi connectivity index (χ4v) is 2.05. The largest absolute Gasteiger partial charge is 0.497 e. The lowest BCUT2D eigenvalue weighted by atomic mass is 10.1. The number of rotatable bonds is 5. The van der Waals surface area contributed by atoms with Crippen molar-refractivity contribution < 1.29 is 9.53 Å². The molecule has 0 saturated carbocycles. The number of hydrogen-bond acceptors (Lipinski definition) is 3. The first-order chi connectivity index (χ1) is 10.1. The Kier molecular flexibility index (Phi) is 5.17. The number of hydrogen-bond donors (Lipinski definition) is 1. The fraction of sp³-hybridized carbons (Fsp3) is 0.118. The smallest absolute Gasteiger partial charge is 0.187 e. The van der Waals surface area contributed by atoms with E-state index in [0.717, 1.165) is 21.5 Å². The molecule has 0 aliphatic carbocycles. The molecule has 0 unspecified atom stereocenters. The normalized spacial score (nSPS) is 10.6. The molecule has 0 atom stereocenters. The molecular weight excluding hydrogens is 330 g/mol. The average Bonchev–Trinajstić information content (AvgIpc) is 2.51. The first kappa shape index (κ1) is 15.3. The Morgan fingerprint density at radius 1 is 1.19 bits per heavy atom. The van der Waals surface area contributed by atoms with E-state index < -0.39 is 0 Å². The van der Waals surface area contributed by atoms with Crippen LogP contribution in [-0.2, 0) is 0 Å². The van der Waals surface area contributed by atoms with Crippen molar-refractivity contribution in [1.29, 1.82) is 0 Å². The molecule has 0 heterocycles. The van der Waals surface area contributed by atoms with Crippen molar-refractivity contribution in [1.82, 2.24) is 0 Å². The molecule has 0 aliphatic rings. The number of ketones is 1. The molecule has 0 fully saturated rings. The second-order valence-electron chi connectivity index (χ2n) is 4.53. The number of allylic oxidation sites excluding steroid dienone is 1. The van der Waals surface area contributed by atoms with Gasteiger partial charge in [0.25, 0.3) is 0 Å². The molecule has 4 heteroatoms. The summed E-state index contributed by atoms with van der Waals surface area (Å²) in [7, 11) is 1.60. The Balaban J connectivity index is 1.99. The van der Waals surface area contributed by atoms with E-state index in [4.69, 9.17) is 4.74 Å². The number of aryl methyl sites for hydroxylation is 1. The lowest BCUT2D eigenvalue weighted by Crippen LogP contribution is -1.96. The summed E-state index contributed by atoms with van der Waals surface area (Å²) in [4.78, 5) is 12.0. The van der Waals surface area contributed by atoms with Crippen LogP contribution in [0.2, 0.25) is 0 Å². The topological polar surface area (TPSA) is 38.3 Å². The van der Waals surface area contributed by atoms with Crippen molar-refractivity contribution >= 4 is 27.4 Å². The molecule has 0 saturated heterocycles. The number of ether oxygens (including phenoxy) is 1. The van der Waals surface area contributed by atoms with Crippen LogP contribution in [0.25, 0.3) is 0 Å². The van der Waals surface area contributed by atoms with Gasteiger partial charge in [-0.15, -0.1) is 0 Å². The van der Waals surface area contributed by atoms with Crippen LogP contribution < -0.4 is 10.1 Å². The van der Waals surface area contributed by atoms with E-state index in [1.807, 2.05) is 25.1 Å². The predicted octanol–water partition coefficient (Wildman–Crippen LogP) is 4.57. The zero-order chi connectivity index (χ0) is 15.2. The molecule has 2 rings (SSSR count). The van der Waals surface area contributed by atoms with E-state index >= 15 is 0 Å². The van der Waals surface area contributed by atoms with Gasteiger partial charge < -0.3 is 10.1 Å². The van der Waals surface area contributed by atoms with Crippen molar-refractivity contribution in [3.8, 4) is 5.75 Å². The third-order valence-corrected chi connectivity index (χ3v) is 3.91. The molecule has 0 aliphatic heterocycles. The van der Waals surface area contributed by atoms with Crippen LogP contribution in [0.3, 0.4) is 0 Å². The Bertz CT molecular complexity index is 663. The summed E-state index contributed by atoms with van der Waals surface area (Å²) >= 11 is 3.45. The van der Waals surface area contributed by atoms with Crippen LogP contribution in [-0.4, -0.2) is 12.9 Å². The molecule has 0 aromatic heterocycles. The quantitative estimate of drug-likeness (QED) is 0.636. The summed E-state index contributed by atoms with van der Waals surface area (Å²) in [6, 6.07) is 13.0. The number of anilines is 1. The van der Waals surface area contributed by atoms with Crippen molar-refractivity contribution in [3.63, 3.8) is 0 Å². The fourth-order valence-electron chi connectivity index (χ4n) is 1.80. The maximum Gasteiger partial charge on any atom is 0.187 e. The maximum atomic E-state index is 12.0. The second kappa shape index (κ2) is 7.09. The molecule has 2 aromatic rings. The molecule has 1 N–H and O–H groups in total.